The van der Waals surface area contributed by atoms with Crippen LogP contribution in [-0.4, -0.2) is 47.6 Å². The number of nitrogens with zero attached hydrogens (tertiary/aromatic N) is 1. The summed E-state index contributed by atoms with van der Waals surface area (Å²) >= 11 is 3.30. The molecule has 1 saturated carbocycles. The smallest absolute Gasteiger partial charge is 0.343 e. The first-order valence-corrected chi connectivity index (χ1v) is 12.1. The van der Waals surface area contributed by atoms with E-state index >= 15 is 0 Å². The monoisotopic (exact) mass is 541 g/mol. The number of carbonyl (C=O) groups is 5. The van der Waals surface area contributed by atoms with Gasteiger partial charge in [0.05, 0.1) is 17.4 Å². The zero-order chi connectivity index (χ0) is 25.1. The van der Waals surface area contributed by atoms with Crippen molar-refractivity contribution >= 4 is 45.5 Å². The van der Waals surface area contributed by atoms with Crippen molar-refractivity contribution in [3.8, 4) is 5.75 Å². The second kappa shape index (κ2) is 10.5. The minimum absolute atomic E-state index is 0.258. The van der Waals surface area contributed by atoms with Crippen LogP contribution in [0.1, 0.15) is 46.9 Å². The third-order valence-electron chi connectivity index (χ3n) is 6.40. The second-order valence-electron chi connectivity index (χ2n) is 8.90. The summed E-state index contributed by atoms with van der Waals surface area (Å²) in [4.78, 5) is 63.0. The van der Waals surface area contributed by atoms with E-state index in [1.165, 1.54) is 24.3 Å². The van der Waals surface area contributed by atoms with Crippen molar-refractivity contribution in [3.05, 3.63) is 64.1 Å². The van der Waals surface area contributed by atoms with Crippen molar-refractivity contribution in [1.82, 2.24) is 4.90 Å². The predicted octanol–water partition coefficient (Wildman–Crippen LogP) is 3.82. The molecule has 0 radical (unpaired) electrons. The standard InChI is InChI=1S/C26H24BrNO7/c1-15-2-11-20-21(12-15)25(32)28(24(20)31)13-23(30)34-14-22(29)16-5-9-19(10-6-16)35-26(33)17-3-7-18(27)8-4-17/h3-10,15,20-21H,2,11-14H2,1H3. The number of hydrogen-bond acceptors (Lipinski definition) is 7. The van der Waals surface area contributed by atoms with E-state index < -0.39 is 30.9 Å². The zero-order valence-corrected chi connectivity index (χ0v) is 20.7. The van der Waals surface area contributed by atoms with Crippen molar-refractivity contribution in [3.63, 3.8) is 0 Å². The summed E-state index contributed by atoms with van der Waals surface area (Å²) in [5.41, 5.74) is 0.638. The van der Waals surface area contributed by atoms with Crippen molar-refractivity contribution in [2.75, 3.05) is 13.2 Å². The van der Waals surface area contributed by atoms with Gasteiger partial charge in [0, 0.05) is 10.0 Å². The number of ether oxygens (including phenoxy) is 2. The molecule has 4 rings (SSSR count). The SMILES string of the molecule is CC1CCC2C(=O)N(CC(=O)OCC(=O)c3ccc(OC(=O)c4ccc(Br)cc4)cc3)C(=O)C2C1. The summed E-state index contributed by atoms with van der Waals surface area (Å²) in [6.45, 7) is 1.03. The number of ketones is 1. The van der Waals surface area contributed by atoms with Crippen molar-refractivity contribution in [1.29, 1.82) is 0 Å². The fourth-order valence-electron chi connectivity index (χ4n) is 4.48. The summed E-state index contributed by atoms with van der Waals surface area (Å²) in [7, 11) is 0. The zero-order valence-electron chi connectivity index (χ0n) is 19.1. The van der Waals surface area contributed by atoms with Crippen molar-refractivity contribution in [2.24, 2.45) is 17.8 Å². The fraction of sp³-hybridized carbons (Fsp3) is 0.346. The molecule has 3 unspecified atom stereocenters. The van der Waals surface area contributed by atoms with Crippen LogP contribution in [0.3, 0.4) is 0 Å². The van der Waals surface area contributed by atoms with Gasteiger partial charge < -0.3 is 9.47 Å². The minimum atomic E-state index is -0.813. The Morgan fingerprint density at radius 2 is 1.54 bits per heavy atom. The van der Waals surface area contributed by atoms with E-state index in [-0.39, 0.29) is 35.0 Å². The average molecular weight is 542 g/mol. The fourth-order valence-corrected chi connectivity index (χ4v) is 4.74. The maximum atomic E-state index is 12.6. The summed E-state index contributed by atoms with van der Waals surface area (Å²) in [5, 5.41) is 0. The number of rotatable bonds is 7. The Morgan fingerprint density at radius 3 is 2.23 bits per heavy atom. The van der Waals surface area contributed by atoms with Gasteiger partial charge in [0.1, 0.15) is 12.3 Å². The van der Waals surface area contributed by atoms with Gasteiger partial charge in [-0.1, -0.05) is 22.9 Å². The van der Waals surface area contributed by atoms with Gasteiger partial charge >= 0.3 is 11.9 Å². The molecule has 182 valence electrons. The van der Waals surface area contributed by atoms with Gasteiger partial charge in [-0.2, -0.15) is 0 Å². The maximum Gasteiger partial charge on any atom is 0.343 e. The molecule has 1 heterocycles. The topological polar surface area (TPSA) is 107 Å². The van der Waals surface area contributed by atoms with Crippen LogP contribution in [0.4, 0.5) is 0 Å². The molecule has 2 fully saturated rings. The van der Waals surface area contributed by atoms with Gasteiger partial charge in [-0.3, -0.25) is 24.1 Å². The number of likely N-dealkylation sites (tertiary alicyclic amines) is 1. The molecule has 0 N–H and O–H groups in total. The first-order valence-electron chi connectivity index (χ1n) is 11.3. The lowest BCUT2D eigenvalue weighted by Crippen LogP contribution is -2.37. The van der Waals surface area contributed by atoms with Crippen LogP contribution in [0.2, 0.25) is 0 Å². The molecule has 0 bridgehead atoms. The highest BCUT2D eigenvalue weighted by Gasteiger charge is 2.49. The lowest BCUT2D eigenvalue weighted by atomic mass is 9.76. The van der Waals surface area contributed by atoms with E-state index in [4.69, 9.17) is 9.47 Å². The summed E-state index contributed by atoms with van der Waals surface area (Å²) in [6, 6.07) is 12.5. The molecule has 9 heteroatoms. The molecule has 2 aromatic rings. The Labute approximate surface area is 210 Å². The highest BCUT2D eigenvalue weighted by Crippen LogP contribution is 2.40. The number of hydrogen-bond donors (Lipinski definition) is 0. The molecule has 0 aromatic heterocycles. The molecule has 8 nitrogen and oxygen atoms in total. The van der Waals surface area contributed by atoms with E-state index in [2.05, 4.69) is 22.9 Å². The third-order valence-corrected chi connectivity index (χ3v) is 6.93. The predicted molar refractivity (Wildman–Crippen MR) is 128 cm³/mol. The Hall–Kier alpha value is -3.33. The quantitative estimate of drug-likeness (QED) is 0.227. The molecule has 0 spiro atoms. The average Bonchev–Trinajstić information content (AvgIpc) is 3.07. The Bertz CT molecular complexity index is 1160. The number of fused-ring (bicyclic) bond motifs is 1. The molecule has 3 atom stereocenters. The molecule has 1 aliphatic heterocycles. The highest BCUT2D eigenvalue weighted by atomic mass is 79.9. The van der Waals surface area contributed by atoms with E-state index in [1.807, 2.05) is 0 Å². The molecule has 2 aliphatic rings. The Morgan fingerprint density at radius 1 is 0.914 bits per heavy atom. The van der Waals surface area contributed by atoms with Crippen LogP contribution in [0.25, 0.3) is 0 Å². The van der Waals surface area contributed by atoms with Gasteiger partial charge in [-0.05, 0) is 73.7 Å². The molecule has 1 saturated heterocycles. The van der Waals surface area contributed by atoms with Crippen LogP contribution >= 0.6 is 15.9 Å². The molecule has 2 amide bonds. The summed E-state index contributed by atoms with van der Waals surface area (Å²) in [6.07, 6.45) is 2.18. The number of benzene rings is 2. The number of amides is 2. The molecular weight excluding hydrogens is 518 g/mol. The molecule has 2 aromatic carbocycles. The maximum absolute atomic E-state index is 12.6. The lowest BCUT2D eigenvalue weighted by molar-refractivity contribution is -0.152. The highest BCUT2D eigenvalue weighted by molar-refractivity contribution is 9.10. The molecule has 35 heavy (non-hydrogen) atoms. The minimum Gasteiger partial charge on any atom is -0.456 e. The third kappa shape index (κ3) is 5.67. The lowest BCUT2D eigenvalue weighted by Gasteiger charge is -2.25. The first kappa shape index (κ1) is 24.8. The number of Topliss-reactive ketones (excluding diaryl/α,β-unsaturated/α-hetero) is 1. The Kier molecular flexibility index (Phi) is 7.45. The molecular formula is C26H24BrNO7. The van der Waals surface area contributed by atoms with Gasteiger partial charge in [-0.15, -0.1) is 0 Å². The first-order chi connectivity index (χ1) is 16.7. The van der Waals surface area contributed by atoms with Gasteiger partial charge in [0.15, 0.2) is 12.4 Å². The van der Waals surface area contributed by atoms with Crippen LogP contribution < -0.4 is 4.74 Å². The second-order valence-corrected chi connectivity index (χ2v) is 9.81. The van der Waals surface area contributed by atoms with Crippen LogP contribution in [0.5, 0.6) is 5.75 Å². The van der Waals surface area contributed by atoms with E-state index in [1.54, 1.807) is 24.3 Å². The van der Waals surface area contributed by atoms with Gasteiger partial charge in [0.25, 0.3) is 0 Å². The van der Waals surface area contributed by atoms with Gasteiger partial charge in [0.2, 0.25) is 11.8 Å². The normalized spacial score (nSPS) is 21.4. The summed E-state index contributed by atoms with van der Waals surface area (Å²) < 4.78 is 11.2. The van der Waals surface area contributed by atoms with E-state index in [9.17, 15) is 24.0 Å². The number of imide groups is 1. The number of esters is 2. The van der Waals surface area contributed by atoms with Crippen LogP contribution in [0, 0.1) is 17.8 Å². The summed E-state index contributed by atoms with van der Waals surface area (Å²) in [5.74, 6) is -2.57. The van der Waals surface area contributed by atoms with Gasteiger partial charge in [-0.25, -0.2) is 4.79 Å². The Balaban J connectivity index is 1.27. The van der Waals surface area contributed by atoms with Crippen molar-refractivity contribution in [2.45, 2.75) is 26.2 Å². The van der Waals surface area contributed by atoms with Crippen molar-refractivity contribution < 1.29 is 33.4 Å². The number of carbonyl (C=O) groups excluding carboxylic acids is 5. The number of halogens is 1. The molecule has 1 aliphatic carbocycles. The van der Waals surface area contributed by atoms with Crippen LogP contribution in [-0.2, 0) is 19.1 Å². The van der Waals surface area contributed by atoms with E-state index in [0.29, 0.717) is 24.3 Å². The van der Waals surface area contributed by atoms with E-state index in [0.717, 1.165) is 15.8 Å². The largest absolute Gasteiger partial charge is 0.456 e. The van der Waals surface area contributed by atoms with Crippen LogP contribution in [0.15, 0.2) is 53.0 Å².